The quantitative estimate of drug-likeness (QED) is 0.130. The van der Waals surface area contributed by atoms with Crippen molar-refractivity contribution >= 4 is 29.7 Å². The third-order valence-electron chi connectivity index (χ3n) is 7.95. The highest BCUT2D eigenvalue weighted by Crippen LogP contribution is 2.26. The minimum Gasteiger partial charge on any atom is -0.497 e. The zero-order chi connectivity index (χ0) is 31.0. The number of urea groups is 1. The van der Waals surface area contributed by atoms with E-state index >= 15 is 0 Å². The van der Waals surface area contributed by atoms with Crippen LogP contribution in [0.4, 0.5) is 4.79 Å². The molecule has 2 heterocycles. The molecule has 45 heavy (non-hydrogen) atoms. The van der Waals surface area contributed by atoms with Gasteiger partial charge >= 0.3 is 6.03 Å². The van der Waals surface area contributed by atoms with Crippen molar-refractivity contribution in [2.45, 2.75) is 38.4 Å². The Kier molecular flexibility index (Phi) is 9.46. The fraction of sp³-hybridized carbons (Fsp3) is 0.194. The molecule has 2 aromatic heterocycles. The van der Waals surface area contributed by atoms with Gasteiger partial charge in [-0.2, -0.15) is 0 Å². The van der Waals surface area contributed by atoms with E-state index < -0.39 is 6.04 Å². The molecular weight excluding hydrogens is 581 g/mol. The second-order valence-electron chi connectivity index (χ2n) is 11.0. The summed E-state index contributed by atoms with van der Waals surface area (Å²) in [6.45, 7) is 0.905. The molecule has 4 aromatic carbocycles. The van der Waals surface area contributed by atoms with Crippen LogP contribution < -0.4 is 10.1 Å². The third kappa shape index (κ3) is 7.38. The van der Waals surface area contributed by atoms with E-state index in [-0.39, 0.29) is 6.03 Å². The maximum atomic E-state index is 13.6. The number of amides is 2. The van der Waals surface area contributed by atoms with Crippen LogP contribution in [0.2, 0.25) is 0 Å². The smallest absolute Gasteiger partial charge is 0.328 e. The van der Waals surface area contributed by atoms with Gasteiger partial charge in [0.2, 0.25) is 0 Å². The summed E-state index contributed by atoms with van der Waals surface area (Å²) in [5.74, 6) is 2.34. The van der Waals surface area contributed by atoms with Gasteiger partial charge in [-0.15, -0.1) is 10.2 Å². The summed E-state index contributed by atoms with van der Waals surface area (Å²) >= 11 is 4.56. The molecule has 1 atom stereocenters. The Hall–Kier alpha value is -5.02. The standard InChI is InChI=1S/C36H36N6O2S/c1-44-30-19-16-28(17-20-30)24-41-34(21-18-26-10-4-2-5-11-26)39-40-35(41)33(22-29-23-37-32-15-9-8-14-31(29)32)38-36(43)42(45)25-27-12-6-3-7-13-27/h2-17,19-20,23,33,37,45H,18,21-22,24-25H2,1H3,(H,38,43). The first kappa shape index (κ1) is 30.0. The van der Waals surface area contributed by atoms with E-state index in [1.165, 1.54) is 9.87 Å². The van der Waals surface area contributed by atoms with Crippen LogP contribution in [0.15, 0.2) is 115 Å². The average Bonchev–Trinajstić information content (AvgIpc) is 3.68. The first-order chi connectivity index (χ1) is 22.1. The lowest BCUT2D eigenvalue weighted by Gasteiger charge is -2.23. The number of carbonyl (C=O) groups excluding carboxylic acids is 1. The van der Waals surface area contributed by atoms with Gasteiger partial charge in [-0.1, -0.05) is 104 Å². The van der Waals surface area contributed by atoms with Gasteiger partial charge in [0.15, 0.2) is 5.82 Å². The van der Waals surface area contributed by atoms with Crippen LogP contribution in [0.3, 0.4) is 0 Å². The lowest BCUT2D eigenvalue weighted by atomic mass is 10.0. The monoisotopic (exact) mass is 616 g/mol. The lowest BCUT2D eigenvalue weighted by molar-refractivity contribution is 0.220. The lowest BCUT2D eigenvalue weighted by Crippen LogP contribution is -2.38. The van der Waals surface area contributed by atoms with Gasteiger partial charge in [-0.3, -0.25) is 4.31 Å². The van der Waals surface area contributed by atoms with Crippen molar-refractivity contribution in [3.05, 3.63) is 149 Å². The van der Waals surface area contributed by atoms with Crippen LogP contribution in [0.5, 0.6) is 5.75 Å². The largest absolute Gasteiger partial charge is 0.497 e. The number of thiol groups is 1. The molecule has 8 nitrogen and oxygen atoms in total. The first-order valence-corrected chi connectivity index (χ1v) is 15.4. The molecule has 9 heteroatoms. The van der Waals surface area contributed by atoms with E-state index in [2.05, 4.69) is 57.0 Å². The second kappa shape index (κ2) is 14.2. The molecule has 2 N–H and O–H groups in total. The van der Waals surface area contributed by atoms with Gasteiger partial charge in [-0.25, -0.2) is 4.79 Å². The Morgan fingerprint density at radius 3 is 2.29 bits per heavy atom. The van der Waals surface area contributed by atoms with Crippen LogP contribution in [-0.2, 0) is 32.4 Å². The van der Waals surface area contributed by atoms with E-state index in [1.807, 2.05) is 91.1 Å². The second-order valence-corrected chi connectivity index (χ2v) is 11.5. The molecule has 6 rings (SSSR count). The summed E-state index contributed by atoms with van der Waals surface area (Å²) < 4.78 is 8.93. The number of H-pyrrole nitrogens is 1. The summed E-state index contributed by atoms with van der Waals surface area (Å²) in [7, 11) is 1.66. The SMILES string of the molecule is COc1ccc(Cn2c(CCc3ccccc3)nnc2C(Cc2c[nH]c3ccccc23)NC(=O)N(S)Cc2ccccc2)cc1. The van der Waals surface area contributed by atoms with E-state index in [0.29, 0.717) is 31.8 Å². The van der Waals surface area contributed by atoms with Gasteiger partial charge in [0.25, 0.3) is 0 Å². The number of fused-ring (bicyclic) bond motifs is 1. The highest BCUT2D eigenvalue weighted by atomic mass is 32.1. The maximum absolute atomic E-state index is 13.6. The van der Waals surface area contributed by atoms with Gasteiger partial charge in [0.05, 0.1) is 26.2 Å². The summed E-state index contributed by atoms with van der Waals surface area (Å²) in [4.78, 5) is 17.0. The summed E-state index contributed by atoms with van der Waals surface area (Å²) in [5.41, 5.74) is 5.42. The summed E-state index contributed by atoms with van der Waals surface area (Å²) in [6, 6.07) is 35.6. The molecule has 0 bridgehead atoms. The Bertz CT molecular complexity index is 1840. The first-order valence-electron chi connectivity index (χ1n) is 15.0. The Morgan fingerprint density at radius 1 is 0.867 bits per heavy atom. The van der Waals surface area contributed by atoms with Crippen LogP contribution in [0.1, 0.15) is 39.9 Å². The van der Waals surface area contributed by atoms with E-state index in [9.17, 15) is 4.79 Å². The van der Waals surface area contributed by atoms with Crippen molar-refractivity contribution in [1.29, 1.82) is 0 Å². The van der Waals surface area contributed by atoms with Crippen LogP contribution in [0.25, 0.3) is 10.9 Å². The van der Waals surface area contributed by atoms with Crippen molar-refractivity contribution < 1.29 is 9.53 Å². The van der Waals surface area contributed by atoms with Gasteiger partial charge in [0, 0.05) is 29.9 Å². The number of methoxy groups -OCH3 is 1. The van der Waals surface area contributed by atoms with Crippen molar-refractivity contribution in [3.63, 3.8) is 0 Å². The van der Waals surface area contributed by atoms with E-state index in [0.717, 1.165) is 45.6 Å². The summed E-state index contributed by atoms with van der Waals surface area (Å²) in [5, 5.41) is 13.8. The topological polar surface area (TPSA) is 88.1 Å². The molecule has 0 fully saturated rings. The number of hydrogen-bond donors (Lipinski definition) is 3. The molecule has 0 radical (unpaired) electrons. The van der Waals surface area contributed by atoms with Crippen molar-refractivity contribution in [3.8, 4) is 5.75 Å². The molecule has 228 valence electrons. The van der Waals surface area contributed by atoms with Crippen molar-refractivity contribution in [2.24, 2.45) is 0 Å². The molecule has 2 amide bonds. The van der Waals surface area contributed by atoms with Crippen LogP contribution in [0, 0.1) is 0 Å². The van der Waals surface area contributed by atoms with Crippen LogP contribution in [-0.4, -0.2) is 37.2 Å². The Balaban J connectivity index is 1.35. The Labute approximate surface area is 268 Å². The van der Waals surface area contributed by atoms with Gasteiger partial charge in [-0.05, 0) is 46.9 Å². The minimum atomic E-state index is -0.474. The normalized spacial score (nSPS) is 11.8. The van der Waals surface area contributed by atoms with Gasteiger partial charge < -0.3 is 19.6 Å². The zero-order valence-electron chi connectivity index (χ0n) is 25.1. The molecule has 6 aromatic rings. The zero-order valence-corrected chi connectivity index (χ0v) is 26.0. The number of carbonyl (C=O) groups is 1. The number of hydrogen-bond acceptors (Lipinski definition) is 5. The van der Waals surface area contributed by atoms with Crippen molar-refractivity contribution in [2.75, 3.05) is 7.11 Å². The molecular formula is C36H36N6O2S. The number of benzene rings is 4. The molecule has 0 saturated carbocycles. The molecule has 0 spiro atoms. The molecule has 0 aliphatic rings. The van der Waals surface area contributed by atoms with E-state index in [4.69, 9.17) is 9.84 Å². The molecule has 0 aliphatic heterocycles. The highest BCUT2D eigenvalue weighted by molar-refractivity contribution is 7.78. The molecule has 0 saturated heterocycles. The molecule has 1 unspecified atom stereocenters. The molecule has 0 aliphatic carbocycles. The number of ether oxygens (including phenoxy) is 1. The minimum absolute atomic E-state index is 0.308. The third-order valence-corrected chi connectivity index (χ3v) is 8.28. The fourth-order valence-electron chi connectivity index (χ4n) is 5.56. The number of nitrogens with zero attached hydrogens (tertiary/aromatic N) is 4. The fourth-order valence-corrected chi connectivity index (χ4v) is 5.78. The number of rotatable bonds is 12. The number of nitrogens with one attached hydrogen (secondary N) is 2. The number of aromatic nitrogens is 4. The highest BCUT2D eigenvalue weighted by Gasteiger charge is 2.26. The maximum Gasteiger partial charge on any atom is 0.328 e. The van der Waals surface area contributed by atoms with Gasteiger partial charge in [0.1, 0.15) is 11.6 Å². The average molecular weight is 617 g/mol. The summed E-state index contributed by atoms with van der Waals surface area (Å²) in [6.07, 6.45) is 4.05. The Morgan fingerprint density at radius 2 is 1.56 bits per heavy atom. The predicted molar refractivity (Wildman–Crippen MR) is 180 cm³/mol. The number of aromatic amines is 1. The van der Waals surface area contributed by atoms with E-state index in [1.54, 1.807) is 7.11 Å². The number of para-hydroxylation sites is 1. The van der Waals surface area contributed by atoms with Crippen molar-refractivity contribution in [1.82, 2.24) is 29.4 Å². The predicted octanol–water partition coefficient (Wildman–Crippen LogP) is 6.94. The van der Waals surface area contributed by atoms with Crippen LogP contribution >= 0.6 is 12.8 Å². The number of aryl methyl sites for hydroxylation is 2.